The number of nitrogens with one attached hydrogen (secondary N) is 2. The van der Waals surface area contributed by atoms with Crippen molar-refractivity contribution in [2.75, 3.05) is 164 Å². The summed E-state index contributed by atoms with van der Waals surface area (Å²) in [5.74, 6) is -8.34. The Balaban J connectivity index is 0.636. The van der Waals surface area contributed by atoms with Crippen LogP contribution in [0.4, 0.5) is 10.6 Å². The van der Waals surface area contributed by atoms with Crippen LogP contribution in [0.1, 0.15) is 146 Å². The highest BCUT2D eigenvalue weighted by molar-refractivity contribution is 7.91. The summed E-state index contributed by atoms with van der Waals surface area (Å²) in [6.07, 6.45) is 8.55. The largest absolute Gasteiger partial charge is 0.611 e. The quantitative estimate of drug-likeness (QED) is 0.00962. The normalized spacial score (nSPS) is 27.1. The van der Waals surface area contributed by atoms with Crippen LogP contribution in [0.25, 0.3) is 11.1 Å². The lowest BCUT2D eigenvalue weighted by atomic mass is 9.80. The molecule has 2 aromatic carbocycles. The monoisotopic (exact) mass is 1800 g/mol. The predicted octanol–water partition coefficient (Wildman–Crippen LogP) is 7.39. The van der Waals surface area contributed by atoms with Gasteiger partial charge in [0, 0.05) is 99.8 Å². The van der Waals surface area contributed by atoms with Crippen LogP contribution in [0.2, 0.25) is 0 Å². The van der Waals surface area contributed by atoms with Crippen molar-refractivity contribution < 1.29 is 125 Å². The van der Waals surface area contributed by atoms with E-state index in [1.54, 1.807) is 63.2 Å². The highest BCUT2D eigenvalue weighted by atomic mass is 32.2. The molecule has 2 bridgehead atoms. The summed E-state index contributed by atoms with van der Waals surface area (Å²) in [4.78, 5) is 118. The van der Waals surface area contributed by atoms with E-state index in [0.717, 1.165) is 32.9 Å². The summed E-state index contributed by atoms with van der Waals surface area (Å²) in [5, 5.41) is 40.1. The number of alkyl carbamates (subject to hydrolysis) is 1. The van der Waals surface area contributed by atoms with Crippen LogP contribution in [-0.2, 0) is 108 Å². The number of hydrogen-bond acceptors (Lipinski definition) is 29. The lowest BCUT2D eigenvalue weighted by Gasteiger charge is -2.42. The standard InChI is InChI=1S/C93H137N7O26S/c1-61-15-11-10-12-16-62(2)80(113-8)57-72-22-18-67(7)93(111,126-72)88(106)90(108)100-31-14-13-17-76(100)91(109)124-81(58-77(101)64(4)52-66(6)86(104)87(105)85(103)65(5)51-61)75(94)54-68-19-25-79(82(55-68)114-9)125-92(110)97-29-34-116-37-39-118-41-43-120-45-47-122-49-48-121-46-44-119-42-40-117-38-36-115-33-28-84(102)96-30-50-127(112)73-23-24-74(63(3)53-73)89(107)99-32-35-123-78-26-20-69(56-71(78)60-99)70-21-27-83(95)98-59-70/h10-12,15-16,20-21,23-24,26-27,52-53,56,59,61,64-65,67-68,72,75-76,79-82,86-87,104-105,111H,13-14,17-19,22,25,28-51,54-55,57-58,60,94H2,1-9H3,(H2,95,98)(H,96,102)(H,97,110)/b12-10+,15-11+,62-16+,66-52+/t61-,64-,65-,67-,68+,72+,75-,76+,79-,80+,81+,82-,86-,87+,93-,127?/m1/s1. The number of Topliss-reactive ketones (excluding diaryl/α,β-unsaturated/α-hetero) is 3. The summed E-state index contributed by atoms with van der Waals surface area (Å²) < 4.78 is 93.8. The summed E-state index contributed by atoms with van der Waals surface area (Å²) in [6.45, 7) is 18.8. The van der Waals surface area contributed by atoms with Gasteiger partial charge in [0.25, 0.3) is 17.6 Å². The molecule has 9 N–H and O–H groups in total. The van der Waals surface area contributed by atoms with E-state index < -0.39 is 131 Å². The van der Waals surface area contributed by atoms with Gasteiger partial charge in [-0.1, -0.05) is 70.2 Å². The van der Waals surface area contributed by atoms with Crippen molar-refractivity contribution in [3.8, 4) is 16.9 Å². The van der Waals surface area contributed by atoms with E-state index in [0.29, 0.717) is 179 Å². The zero-order valence-electron chi connectivity index (χ0n) is 75.3. The fourth-order valence-electron chi connectivity index (χ4n) is 16.0. The number of carbonyl (C=O) groups is 8. The van der Waals surface area contributed by atoms with Gasteiger partial charge in [-0.25, -0.2) is 14.6 Å². The number of nitrogens with zero attached hydrogens (tertiary/aromatic N) is 3. The lowest BCUT2D eigenvalue weighted by molar-refractivity contribution is -0.265. The number of rotatable bonds is 39. The van der Waals surface area contributed by atoms with E-state index in [-0.39, 0.29) is 100 Å². The molecule has 0 radical (unpaired) electrons. The van der Waals surface area contributed by atoms with E-state index in [1.165, 1.54) is 20.1 Å². The second kappa shape index (κ2) is 55.3. The second-order valence-electron chi connectivity index (χ2n) is 33.3. The van der Waals surface area contributed by atoms with Crippen LogP contribution in [0.3, 0.4) is 0 Å². The highest BCUT2D eigenvalue weighted by Gasteiger charge is 2.53. The number of fused-ring (bicyclic) bond motifs is 4. The number of aryl methyl sites for hydroxylation is 1. The van der Waals surface area contributed by atoms with Crippen LogP contribution in [-0.4, -0.2) is 301 Å². The molecule has 1 saturated carbocycles. The fourth-order valence-corrected chi connectivity index (χ4v) is 17.1. The Hall–Kier alpha value is -7.98. The lowest BCUT2D eigenvalue weighted by Crippen LogP contribution is -2.61. The molecule has 16 atom stereocenters. The molecule has 1 unspecified atom stereocenters. The van der Waals surface area contributed by atoms with Gasteiger partial charge in [-0.15, -0.1) is 0 Å². The number of aliphatic hydroxyl groups is 3. The molecule has 3 aromatic rings. The Morgan fingerprint density at radius 2 is 1.35 bits per heavy atom. The molecular formula is C93H137N7O26S. The maximum absolute atomic E-state index is 14.6. The molecule has 706 valence electrons. The number of hydrogen-bond donors (Lipinski definition) is 7. The smallest absolute Gasteiger partial charge is 0.407 e. The van der Waals surface area contributed by atoms with Crippen LogP contribution in [0, 0.1) is 36.5 Å². The molecule has 1 aromatic heterocycles. The molecule has 2 saturated heterocycles. The number of benzene rings is 2. The number of piperidine rings is 1. The van der Waals surface area contributed by atoms with Crippen LogP contribution in [0.15, 0.2) is 107 Å². The SMILES string of the molecule is CO[C@H]1C[C@@H]2CC[C@@H](C)[C@@](O)(O2)C(=O)C(=O)N2CCCC[C@H]2C(=O)O[C@H]([C@H](N)C[C@@H]2CC[C@@H](OC(=O)NCCOCCOCCOCCOCCOCCOCCOCCOCCC(=O)NCC[S+]([O-])c3ccc(C(=O)N4CCOc5ccc(-c6ccc(N)nc6)cc5C4)c(C)c3)[C@H](OC)C2)CC(=O)[C@H](C)/C=C(\C)[C@@H](O)[C@@H](O)C(=O)[C@H](C)C[C@H](C)/C=C/C=C/C=C/1C. The van der Waals surface area contributed by atoms with E-state index in [4.69, 9.17) is 77.8 Å². The number of ether oxygens (including phenoxy) is 14. The average Bonchev–Trinajstić information content (AvgIpc) is 1.05. The first-order valence-corrected chi connectivity index (χ1v) is 45.9. The molecule has 0 spiro atoms. The van der Waals surface area contributed by atoms with Crippen molar-refractivity contribution in [1.29, 1.82) is 0 Å². The Morgan fingerprint density at radius 1 is 0.693 bits per heavy atom. The van der Waals surface area contributed by atoms with Crippen molar-refractivity contribution in [2.24, 2.45) is 35.3 Å². The third kappa shape index (κ3) is 34.0. The zero-order chi connectivity index (χ0) is 91.8. The fraction of sp³-hybridized carbons (Fsp3) is 0.645. The summed E-state index contributed by atoms with van der Waals surface area (Å²) in [5.41, 5.74) is 17.7. The number of carbonyl (C=O) groups excluding carboxylic acids is 8. The number of anilines is 1. The number of nitrogen functional groups attached to an aromatic ring is 1. The number of aliphatic hydroxyl groups excluding tert-OH is 2. The molecule has 127 heavy (non-hydrogen) atoms. The number of esters is 1. The van der Waals surface area contributed by atoms with Crippen LogP contribution >= 0.6 is 0 Å². The maximum atomic E-state index is 14.6. The third-order valence-corrected chi connectivity index (χ3v) is 24.9. The van der Waals surface area contributed by atoms with E-state index in [9.17, 15) is 58.2 Å². The van der Waals surface area contributed by atoms with Crippen molar-refractivity contribution in [3.05, 3.63) is 119 Å². The number of allylic oxidation sites excluding steroid dienone is 6. The maximum Gasteiger partial charge on any atom is 0.407 e. The summed E-state index contributed by atoms with van der Waals surface area (Å²) in [6, 6.07) is 12.4. The number of aromatic nitrogens is 1. The van der Waals surface area contributed by atoms with E-state index in [2.05, 4.69) is 15.6 Å². The highest BCUT2D eigenvalue weighted by Crippen LogP contribution is 2.39. The first kappa shape index (κ1) is 104. The van der Waals surface area contributed by atoms with Gasteiger partial charge in [0.05, 0.1) is 137 Å². The number of methoxy groups -OCH3 is 2. The minimum Gasteiger partial charge on any atom is -0.611 e. The Labute approximate surface area is 749 Å². The van der Waals surface area contributed by atoms with Gasteiger partial charge in [-0.2, -0.15) is 0 Å². The van der Waals surface area contributed by atoms with Gasteiger partial charge in [-0.3, -0.25) is 28.8 Å². The van der Waals surface area contributed by atoms with Crippen LogP contribution < -0.4 is 26.8 Å². The van der Waals surface area contributed by atoms with Crippen molar-refractivity contribution in [3.63, 3.8) is 0 Å². The van der Waals surface area contributed by atoms with Crippen molar-refractivity contribution in [1.82, 2.24) is 25.4 Å². The topological polar surface area (TPSA) is 445 Å². The van der Waals surface area contributed by atoms with Crippen LogP contribution in [0.5, 0.6) is 5.75 Å². The van der Waals surface area contributed by atoms with Crippen molar-refractivity contribution in [2.45, 2.75) is 204 Å². The second-order valence-corrected chi connectivity index (χ2v) is 34.8. The molecule has 1 aliphatic carbocycles. The zero-order valence-corrected chi connectivity index (χ0v) is 76.2. The third-order valence-electron chi connectivity index (χ3n) is 23.6. The van der Waals surface area contributed by atoms with Gasteiger partial charge in [0.2, 0.25) is 11.7 Å². The van der Waals surface area contributed by atoms with Gasteiger partial charge in [-0.05, 0) is 173 Å². The summed E-state index contributed by atoms with van der Waals surface area (Å²) >= 11 is -1.41. The molecule has 4 amide bonds. The van der Waals surface area contributed by atoms with E-state index >= 15 is 0 Å². The first-order valence-electron chi connectivity index (χ1n) is 44.6. The van der Waals surface area contributed by atoms with Gasteiger partial charge in [0.1, 0.15) is 60.2 Å². The van der Waals surface area contributed by atoms with Gasteiger partial charge in [0.15, 0.2) is 10.7 Å². The average molecular weight is 1800 g/mol. The molecule has 4 aliphatic heterocycles. The minimum absolute atomic E-state index is 0.00480. The van der Waals surface area contributed by atoms with Gasteiger partial charge >= 0.3 is 12.1 Å². The molecule has 3 fully saturated rings. The van der Waals surface area contributed by atoms with Gasteiger partial charge < -0.3 is 118 Å². The number of pyridine rings is 1. The summed E-state index contributed by atoms with van der Waals surface area (Å²) in [7, 11) is 3.05. The Kier molecular flexibility index (Phi) is 45.4. The van der Waals surface area contributed by atoms with Crippen molar-refractivity contribution >= 4 is 64.1 Å². The minimum atomic E-state index is -2.51. The number of nitrogens with two attached hydrogens (primary N) is 2. The van der Waals surface area contributed by atoms with E-state index in [1.807, 2.05) is 75.4 Å². The molecule has 33 nitrogen and oxygen atoms in total. The predicted molar refractivity (Wildman–Crippen MR) is 472 cm³/mol. The molecule has 34 heteroatoms. The Morgan fingerprint density at radius 3 is 1.98 bits per heavy atom. The molecule has 8 rings (SSSR count). The Bertz CT molecular complexity index is 4080. The molecule has 5 aliphatic rings. The first-order chi connectivity index (χ1) is 61.1. The number of ketones is 3. The molecular weight excluding hydrogens is 1660 g/mol. The number of cyclic esters (lactones) is 1. The molecule has 5 heterocycles. The number of amides is 4.